The highest BCUT2D eigenvalue weighted by atomic mass is 32.1. The number of carbonyl (C=O) groups excluding carboxylic acids is 1. The van der Waals surface area contributed by atoms with E-state index >= 15 is 0 Å². The summed E-state index contributed by atoms with van der Waals surface area (Å²) in [6, 6.07) is 8.17. The van der Waals surface area contributed by atoms with Crippen molar-refractivity contribution < 1.29 is 4.79 Å². The number of nitrogens with one attached hydrogen (secondary N) is 1. The molecule has 4 aromatic rings. The topological polar surface area (TPSA) is 59.3 Å². The van der Waals surface area contributed by atoms with Crippen molar-refractivity contribution in [3.8, 4) is 11.1 Å². The largest absolute Gasteiger partial charge is 0.323 e. The fourth-order valence-electron chi connectivity index (χ4n) is 2.56. The number of imidazole rings is 1. The van der Waals surface area contributed by atoms with Crippen LogP contribution in [0.1, 0.15) is 13.3 Å². The lowest BCUT2D eigenvalue weighted by atomic mass is 10.1. The average Bonchev–Trinajstić information content (AvgIpc) is 3.22. The van der Waals surface area contributed by atoms with Crippen LogP contribution in [0.4, 0.5) is 5.69 Å². The molecular formula is C17H14N4OS. The summed E-state index contributed by atoms with van der Waals surface area (Å²) < 4.78 is 3.09. The number of hydrogen-bond donors (Lipinski definition) is 1. The number of aromatic nitrogens is 3. The molecule has 3 aromatic heterocycles. The van der Waals surface area contributed by atoms with E-state index in [0.717, 1.165) is 32.7 Å². The van der Waals surface area contributed by atoms with E-state index in [2.05, 4.69) is 33.5 Å². The van der Waals surface area contributed by atoms with Crippen LogP contribution in [0, 0.1) is 0 Å². The molecule has 1 aromatic carbocycles. The number of benzene rings is 1. The van der Waals surface area contributed by atoms with Crippen LogP contribution in [0.15, 0.2) is 48.4 Å². The van der Waals surface area contributed by atoms with Gasteiger partial charge in [-0.2, -0.15) is 0 Å². The second-order valence-corrected chi connectivity index (χ2v) is 6.12. The van der Waals surface area contributed by atoms with Crippen molar-refractivity contribution in [3.05, 3.63) is 48.4 Å². The first-order valence-electron chi connectivity index (χ1n) is 7.35. The van der Waals surface area contributed by atoms with E-state index in [4.69, 9.17) is 0 Å². The van der Waals surface area contributed by atoms with Gasteiger partial charge in [-0.05, 0) is 23.8 Å². The molecule has 0 saturated heterocycles. The number of amides is 1. The summed E-state index contributed by atoms with van der Waals surface area (Å²) in [5.41, 5.74) is 6.36. The summed E-state index contributed by atoms with van der Waals surface area (Å²) in [6.07, 6.45) is 6.05. The quantitative estimate of drug-likeness (QED) is 0.621. The van der Waals surface area contributed by atoms with Gasteiger partial charge < -0.3 is 9.72 Å². The molecule has 0 unspecified atom stereocenters. The molecule has 0 atom stereocenters. The maximum atomic E-state index is 11.8. The van der Waals surface area contributed by atoms with Crippen molar-refractivity contribution in [2.24, 2.45) is 0 Å². The molecule has 6 heteroatoms. The molecule has 0 aliphatic heterocycles. The molecule has 0 aliphatic carbocycles. The van der Waals surface area contributed by atoms with E-state index < -0.39 is 0 Å². The van der Waals surface area contributed by atoms with Gasteiger partial charge in [-0.15, -0.1) is 11.3 Å². The fraction of sp³-hybridized carbons (Fsp3) is 0.118. The Morgan fingerprint density at radius 2 is 2.17 bits per heavy atom. The molecule has 1 amide bonds. The second kappa shape index (κ2) is 5.48. The van der Waals surface area contributed by atoms with Crippen molar-refractivity contribution in [1.29, 1.82) is 0 Å². The van der Waals surface area contributed by atoms with Crippen molar-refractivity contribution in [3.63, 3.8) is 0 Å². The normalized spacial score (nSPS) is 11.2. The third-order valence-electron chi connectivity index (χ3n) is 3.75. The summed E-state index contributed by atoms with van der Waals surface area (Å²) in [5.74, 6) is -0.0259. The van der Waals surface area contributed by atoms with Crippen LogP contribution in [0.25, 0.3) is 27.0 Å². The molecule has 0 spiro atoms. The molecule has 114 valence electrons. The highest BCUT2D eigenvalue weighted by molar-refractivity contribution is 7.16. The third kappa shape index (κ3) is 2.47. The zero-order chi connectivity index (χ0) is 15.8. The number of fused-ring (bicyclic) bond motifs is 2. The van der Waals surface area contributed by atoms with Gasteiger partial charge in [0.2, 0.25) is 5.91 Å². The van der Waals surface area contributed by atoms with Crippen LogP contribution in [-0.4, -0.2) is 20.3 Å². The van der Waals surface area contributed by atoms with Gasteiger partial charge in [-0.3, -0.25) is 4.79 Å². The molecule has 0 fully saturated rings. The predicted molar refractivity (Wildman–Crippen MR) is 92.7 cm³/mol. The monoisotopic (exact) mass is 322 g/mol. The minimum Gasteiger partial charge on any atom is -0.323 e. The maximum Gasteiger partial charge on any atom is 0.224 e. The lowest BCUT2D eigenvalue weighted by molar-refractivity contribution is -0.115. The molecule has 0 radical (unpaired) electrons. The molecular weight excluding hydrogens is 308 g/mol. The van der Waals surface area contributed by atoms with Crippen LogP contribution in [0.3, 0.4) is 0 Å². The van der Waals surface area contributed by atoms with E-state index in [1.165, 1.54) is 0 Å². The number of nitrogens with zero attached hydrogens (tertiary/aromatic N) is 3. The lowest BCUT2D eigenvalue weighted by Crippen LogP contribution is -2.10. The first kappa shape index (κ1) is 13.9. The Morgan fingerprint density at radius 1 is 1.26 bits per heavy atom. The van der Waals surface area contributed by atoms with Gasteiger partial charge in [-0.25, -0.2) is 9.97 Å². The van der Waals surface area contributed by atoms with Crippen molar-refractivity contribution in [2.75, 3.05) is 5.32 Å². The zero-order valence-electron chi connectivity index (χ0n) is 12.5. The summed E-state index contributed by atoms with van der Waals surface area (Å²) in [5, 5.41) is 2.93. The Hall–Kier alpha value is -2.73. The maximum absolute atomic E-state index is 11.8. The lowest BCUT2D eigenvalue weighted by Gasteiger charge is -2.09. The van der Waals surface area contributed by atoms with Crippen LogP contribution in [0.2, 0.25) is 0 Å². The summed E-state index contributed by atoms with van der Waals surface area (Å²) in [6.45, 7) is 1.83. The van der Waals surface area contributed by atoms with Crippen molar-refractivity contribution in [2.45, 2.75) is 13.3 Å². The fourth-order valence-corrected chi connectivity index (χ4v) is 3.22. The van der Waals surface area contributed by atoms with Gasteiger partial charge in [0, 0.05) is 30.6 Å². The molecule has 3 heterocycles. The Morgan fingerprint density at radius 3 is 3.04 bits per heavy atom. The van der Waals surface area contributed by atoms with Gasteiger partial charge >= 0.3 is 0 Å². The SMILES string of the molecule is CCC(=O)Nc1cc(-c2ccc3scnc3c2)cn2ccnc12. The van der Waals surface area contributed by atoms with Gasteiger partial charge in [0.25, 0.3) is 0 Å². The molecule has 4 rings (SSSR count). The number of hydrogen-bond acceptors (Lipinski definition) is 4. The van der Waals surface area contributed by atoms with Gasteiger partial charge in [-0.1, -0.05) is 13.0 Å². The Balaban J connectivity index is 1.87. The summed E-state index contributed by atoms with van der Waals surface area (Å²) >= 11 is 1.63. The number of thiazole rings is 1. The van der Waals surface area contributed by atoms with Gasteiger partial charge in [0.05, 0.1) is 21.4 Å². The molecule has 23 heavy (non-hydrogen) atoms. The molecule has 0 saturated carbocycles. The average molecular weight is 322 g/mol. The highest BCUT2D eigenvalue weighted by Crippen LogP contribution is 2.29. The summed E-state index contributed by atoms with van der Waals surface area (Å²) in [4.78, 5) is 20.5. The van der Waals surface area contributed by atoms with Crippen molar-refractivity contribution in [1.82, 2.24) is 14.4 Å². The smallest absolute Gasteiger partial charge is 0.224 e. The van der Waals surface area contributed by atoms with E-state index in [0.29, 0.717) is 6.42 Å². The van der Waals surface area contributed by atoms with E-state index in [1.807, 2.05) is 35.3 Å². The Labute approximate surface area is 136 Å². The van der Waals surface area contributed by atoms with E-state index in [-0.39, 0.29) is 5.91 Å². The highest BCUT2D eigenvalue weighted by Gasteiger charge is 2.10. The van der Waals surface area contributed by atoms with Crippen LogP contribution < -0.4 is 5.32 Å². The number of carbonyl (C=O) groups is 1. The number of anilines is 1. The standard InChI is InChI=1S/C17H14N4OS/c1-2-16(22)20-14-8-12(9-21-6-5-18-17(14)21)11-3-4-15-13(7-11)19-10-23-15/h3-10H,2H2,1H3,(H,20,22). The number of rotatable bonds is 3. The first-order valence-corrected chi connectivity index (χ1v) is 8.23. The Kier molecular flexibility index (Phi) is 3.31. The molecule has 0 bridgehead atoms. The molecule has 1 N–H and O–H groups in total. The van der Waals surface area contributed by atoms with Gasteiger partial charge in [0.15, 0.2) is 5.65 Å². The minimum absolute atomic E-state index is 0.0259. The van der Waals surface area contributed by atoms with Gasteiger partial charge in [0.1, 0.15) is 0 Å². The van der Waals surface area contributed by atoms with Crippen LogP contribution in [0.5, 0.6) is 0 Å². The number of pyridine rings is 1. The van der Waals surface area contributed by atoms with E-state index in [9.17, 15) is 4.79 Å². The minimum atomic E-state index is -0.0259. The van der Waals surface area contributed by atoms with Crippen LogP contribution in [-0.2, 0) is 4.79 Å². The molecule has 0 aliphatic rings. The van der Waals surface area contributed by atoms with Crippen molar-refractivity contribution >= 4 is 38.8 Å². The van der Waals surface area contributed by atoms with E-state index in [1.54, 1.807) is 17.5 Å². The second-order valence-electron chi connectivity index (χ2n) is 5.24. The molecule has 5 nitrogen and oxygen atoms in total. The third-order valence-corrected chi connectivity index (χ3v) is 4.56. The first-order chi connectivity index (χ1) is 11.2. The van der Waals surface area contributed by atoms with Crippen LogP contribution >= 0.6 is 11.3 Å². The Bertz CT molecular complexity index is 1020. The zero-order valence-corrected chi connectivity index (χ0v) is 13.3. The predicted octanol–water partition coefficient (Wildman–Crippen LogP) is 3.96. The summed E-state index contributed by atoms with van der Waals surface area (Å²) in [7, 11) is 0.